The van der Waals surface area contributed by atoms with Crippen molar-refractivity contribution >= 4 is 12.6 Å². The van der Waals surface area contributed by atoms with Crippen LogP contribution in [0.3, 0.4) is 0 Å². The van der Waals surface area contributed by atoms with Gasteiger partial charge in [-0.2, -0.15) is 0 Å². The van der Waals surface area contributed by atoms with Crippen molar-refractivity contribution in [1.29, 1.82) is 0 Å². The molecule has 0 unspecified atom stereocenters. The number of ether oxygens (including phenoxy) is 2. The van der Waals surface area contributed by atoms with Crippen molar-refractivity contribution < 1.29 is 9.47 Å². The highest BCUT2D eigenvalue weighted by atomic mass is 32.1. The molecule has 12 heavy (non-hydrogen) atoms. The van der Waals surface area contributed by atoms with Gasteiger partial charge in [0.05, 0.1) is 6.61 Å². The molecule has 66 valence electrons. The lowest BCUT2D eigenvalue weighted by Gasteiger charge is -2.04. The Kier molecular flexibility index (Phi) is 3.97. The monoisotopic (exact) mass is 184 g/mol. The molecule has 0 saturated heterocycles. The van der Waals surface area contributed by atoms with Gasteiger partial charge in [-0.3, -0.25) is 0 Å². The van der Waals surface area contributed by atoms with E-state index in [-0.39, 0.29) is 0 Å². The predicted molar refractivity (Wildman–Crippen MR) is 51.1 cm³/mol. The third kappa shape index (κ3) is 3.15. The zero-order chi connectivity index (χ0) is 8.81. The van der Waals surface area contributed by atoms with Gasteiger partial charge < -0.3 is 9.47 Å². The molecule has 0 aromatic heterocycles. The Morgan fingerprint density at radius 1 is 1.17 bits per heavy atom. The number of rotatable bonds is 4. The van der Waals surface area contributed by atoms with Crippen LogP contribution in [-0.2, 0) is 4.74 Å². The molecule has 0 atom stereocenters. The van der Waals surface area contributed by atoms with Crippen molar-refractivity contribution in [2.24, 2.45) is 0 Å². The van der Waals surface area contributed by atoms with Gasteiger partial charge in [0.2, 0.25) is 0 Å². The molecule has 0 radical (unpaired) electrons. The summed E-state index contributed by atoms with van der Waals surface area (Å²) < 4.78 is 10.2. The third-order valence-electron chi connectivity index (χ3n) is 1.39. The van der Waals surface area contributed by atoms with Crippen LogP contribution in [0.15, 0.2) is 29.2 Å². The Bertz CT molecular complexity index is 220. The zero-order valence-electron chi connectivity index (χ0n) is 6.99. The highest BCUT2D eigenvalue weighted by Gasteiger charge is 1.91. The van der Waals surface area contributed by atoms with Crippen LogP contribution < -0.4 is 4.74 Å². The summed E-state index contributed by atoms with van der Waals surface area (Å²) in [6, 6.07) is 7.56. The van der Waals surface area contributed by atoms with Crippen molar-refractivity contribution in [3.05, 3.63) is 24.3 Å². The van der Waals surface area contributed by atoms with E-state index in [0.29, 0.717) is 13.2 Å². The van der Waals surface area contributed by atoms with E-state index >= 15 is 0 Å². The summed E-state index contributed by atoms with van der Waals surface area (Å²) in [6.45, 7) is 1.20. The molecule has 0 amide bonds. The predicted octanol–water partition coefficient (Wildman–Crippen LogP) is 2.00. The highest BCUT2D eigenvalue weighted by Crippen LogP contribution is 2.13. The largest absolute Gasteiger partial charge is 0.491 e. The first kappa shape index (κ1) is 9.42. The molecular weight excluding hydrogens is 172 g/mol. The van der Waals surface area contributed by atoms with Crippen LogP contribution in [-0.4, -0.2) is 20.3 Å². The summed E-state index contributed by atoms with van der Waals surface area (Å²) in [4.78, 5) is 0.939. The lowest BCUT2D eigenvalue weighted by Crippen LogP contribution is -2.03. The summed E-state index contributed by atoms with van der Waals surface area (Å²) in [5.74, 6) is 0.852. The minimum atomic E-state index is 0.586. The first-order valence-corrected chi connectivity index (χ1v) is 4.18. The molecule has 0 aliphatic heterocycles. The van der Waals surface area contributed by atoms with E-state index in [4.69, 9.17) is 9.47 Å². The second-order valence-electron chi connectivity index (χ2n) is 2.34. The second kappa shape index (κ2) is 5.06. The van der Waals surface area contributed by atoms with Gasteiger partial charge in [0.1, 0.15) is 12.4 Å². The van der Waals surface area contributed by atoms with Crippen LogP contribution in [0, 0.1) is 0 Å². The van der Waals surface area contributed by atoms with Crippen LogP contribution in [0.5, 0.6) is 5.75 Å². The number of benzene rings is 1. The van der Waals surface area contributed by atoms with Gasteiger partial charge in [-0.1, -0.05) is 0 Å². The Balaban J connectivity index is 2.37. The molecule has 0 heterocycles. The zero-order valence-corrected chi connectivity index (χ0v) is 7.88. The Morgan fingerprint density at radius 3 is 2.42 bits per heavy atom. The second-order valence-corrected chi connectivity index (χ2v) is 2.85. The molecule has 0 bridgehead atoms. The van der Waals surface area contributed by atoms with Gasteiger partial charge in [0, 0.05) is 12.0 Å². The van der Waals surface area contributed by atoms with Crippen molar-refractivity contribution in [3.63, 3.8) is 0 Å². The van der Waals surface area contributed by atoms with Gasteiger partial charge in [-0.25, -0.2) is 0 Å². The van der Waals surface area contributed by atoms with Crippen LogP contribution >= 0.6 is 12.6 Å². The van der Waals surface area contributed by atoms with E-state index in [2.05, 4.69) is 12.6 Å². The Morgan fingerprint density at radius 2 is 1.83 bits per heavy atom. The van der Waals surface area contributed by atoms with Crippen molar-refractivity contribution in [2.45, 2.75) is 4.90 Å². The third-order valence-corrected chi connectivity index (χ3v) is 1.69. The lowest BCUT2D eigenvalue weighted by atomic mass is 10.3. The van der Waals surface area contributed by atoms with Gasteiger partial charge in [0.15, 0.2) is 0 Å². The van der Waals surface area contributed by atoms with Crippen molar-refractivity contribution in [1.82, 2.24) is 0 Å². The van der Waals surface area contributed by atoms with E-state index < -0.39 is 0 Å². The van der Waals surface area contributed by atoms with E-state index in [9.17, 15) is 0 Å². The fourth-order valence-electron chi connectivity index (χ4n) is 0.785. The quantitative estimate of drug-likeness (QED) is 0.570. The summed E-state index contributed by atoms with van der Waals surface area (Å²) >= 11 is 4.16. The standard InChI is InChI=1S/C9H12O2S/c1-10-6-7-11-8-2-4-9(12)5-3-8/h2-5,12H,6-7H2,1H3. The van der Waals surface area contributed by atoms with E-state index in [1.807, 2.05) is 24.3 Å². The Labute approximate surface area is 77.9 Å². The van der Waals surface area contributed by atoms with Crippen LogP contribution in [0.1, 0.15) is 0 Å². The molecular formula is C9H12O2S. The minimum Gasteiger partial charge on any atom is -0.491 e. The fraction of sp³-hybridized carbons (Fsp3) is 0.333. The first-order chi connectivity index (χ1) is 5.83. The van der Waals surface area contributed by atoms with Gasteiger partial charge in [0.25, 0.3) is 0 Å². The molecule has 0 aliphatic carbocycles. The Hall–Kier alpha value is -0.670. The van der Waals surface area contributed by atoms with E-state index in [1.54, 1.807) is 7.11 Å². The van der Waals surface area contributed by atoms with Crippen molar-refractivity contribution in [2.75, 3.05) is 20.3 Å². The molecule has 2 nitrogen and oxygen atoms in total. The number of thiol groups is 1. The maximum atomic E-state index is 5.34. The molecule has 0 fully saturated rings. The minimum absolute atomic E-state index is 0.586. The summed E-state index contributed by atoms with van der Waals surface area (Å²) in [5.41, 5.74) is 0. The molecule has 1 aromatic rings. The summed E-state index contributed by atoms with van der Waals surface area (Å²) in [7, 11) is 1.65. The number of hydrogen-bond donors (Lipinski definition) is 1. The molecule has 0 N–H and O–H groups in total. The normalized spacial score (nSPS) is 9.83. The lowest BCUT2D eigenvalue weighted by molar-refractivity contribution is 0.146. The first-order valence-electron chi connectivity index (χ1n) is 3.73. The maximum absolute atomic E-state index is 5.34. The number of methoxy groups -OCH3 is 1. The summed E-state index contributed by atoms with van der Waals surface area (Å²) in [5, 5.41) is 0. The van der Waals surface area contributed by atoms with Crippen molar-refractivity contribution in [3.8, 4) is 5.75 Å². The summed E-state index contributed by atoms with van der Waals surface area (Å²) in [6.07, 6.45) is 0. The van der Waals surface area contributed by atoms with Gasteiger partial charge in [-0.15, -0.1) is 12.6 Å². The average Bonchev–Trinajstić information content (AvgIpc) is 2.09. The molecule has 1 rings (SSSR count). The fourth-order valence-corrected chi connectivity index (χ4v) is 0.934. The van der Waals surface area contributed by atoms with Crippen LogP contribution in [0.2, 0.25) is 0 Å². The van der Waals surface area contributed by atoms with Crippen LogP contribution in [0.4, 0.5) is 0 Å². The van der Waals surface area contributed by atoms with E-state index in [0.717, 1.165) is 10.6 Å². The van der Waals surface area contributed by atoms with Gasteiger partial charge in [-0.05, 0) is 24.3 Å². The van der Waals surface area contributed by atoms with E-state index in [1.165, 1.54) is 0 Å². The molecule has 0 aliphatic rings. The molecule has 1 aromatic carbocycles. The maximum Gasteiger partial charge on any atom is 0.119 e. The smallest absolute Gasteiger partial charge is 0.119 e. The molecule has 0 saturated carbocycles. The van der Waals surface area contributed by atoms with Gasteiger partial charge >= 0.3 is 0 Å². The average molecular weight is 184 g/mol. The molecule has 3 heteroatoms. The SMILES string of the molecule is COCCOc1ccc(S)cc1. The molecule has 0 spiro atoms. The topological polar surface area (TPSA) is 18.5 Å². The number of hydrogen-bond acceptors (Lipinski definition) is 3. The van der Waals surface area contributed by atoms with Crippen LogP contribution in [0.25, 0.3) is 0 Å². The highest BCUT2D eigenvalue weighted by molar-refractivity contribution is 7.80.